The van der Waals surface area contributed by atoms with Crippen LogP contribution in [0.4, 0.5) is 0 Å². The monoisotopic (exact) mass is 354 g/mol. The SMILES string of the molecule is O=C(C(O)c1cc(Cl)cc(Cl)c1)N1CCC(c2ncn[nH]2)CC1. The Morgan fingerprint density at radius 2 is 1.91 bits per heavy atom. The number of H-pyrrole nitrogens is 1. The van der Waals surface area contributed by atoms with E-state index in [4.69, 9.17) is 23.2 Å². The van der Waals surface area contributed by atoms with Gasteiger partial charge in [-0.2, -0.15) is 5.10 Å². The van der Waals surface area contributed by atoms with E-state index in [1.165, 1.54) is 6.33 Å². The van der Waals surface area contributed by atoms with Crippen LogP contribution < -0.4 is 0 Å². The molecule has 1 fully saturated rings. The van der Waals surface area contributed by atoms with Crippen molar-refractivity contribution in [3.8, 4) is 0 Å². The zero-order valence-electron chi connectivity index (χ0n) is 12.2. The van der Waals surface area contributed by atoms with E-state index >= 15 is 0 Å². The van der Waals surface area contributed by atoms with Crippen molar-refractivity contribution in [2.45, 2.75) is 24.9 Å². The van der Waals surface area contributed by atoms with Crippen LogP contribution in [0, 0.1) is 0 Å². The molecule has 1 unspecified atom stereocenters. The Kier molecular flexibility index (Phi) is 4.84. The van der Waals surface area contributed by atoms with Gasteiger partial charge in [0.25, 0.3) is 5.91 Å². The first-order chi connectivity index (χ1) is 11.0. The van der Waals surface area contributed by atoms with E-state index in [1.54, 1.807) is 23.1 Å². The second-order valence-corrected chi connectivity index (χ2v) is 6.45. The fraction of sp³-hybridized carbons (Fsp3) is 0.400. The first-order valence-electron chi connectivity index (χ1n) is 7.32. The third-order valence-corrected chi connectivity index (χ3v) is 4.50. The number of hydrogen-bond acceptors (Lipinski definition) is 4. The van der Waals surface area contributed by atoms with E-state index < -0.39 is 6.10 Å². The van der Waals surface area contributed by atoms with Crippen LogP contribution in [0.2, 0.25) is 10.0 Å². The molecule has 2 aromatic rings. The molecule has 0 aliphatic carbocycles. The maximum absolute atomic E-state index is 12.5. The molecule has 1 atom stereocenters. The van der Waals surface area contributed by atoms with Crippen LogP contribution in [0.25, 0.3) is 0 Å². The number of aromatic amines is 1. The van der Waals surface area contributed by atoms with Crippen molar-refractivity contribution in [1.29, 1.82) is 0 Å². The van der Waals surface area contributed by atoms with Crippen LogP contribution in [0.15, 0.2) is 24.5 Å². The first-order valence-corrected chi connectivity index (χ1v) is 8.08. The Morgan fingerprint density at radius 3 is 2.48 bits per heavy atom. The number of carbonyl (C=O) groups is 1. The summed E-state index contributed by atoms with van der Waals surface area (Å²) in [6, 6.07) is 4.67. The van der Waals surface area contributed by atoms with Crippen molar-refractivity contribution < 1.29 is 9.90 Å². The normalized spacial score (nSPS) is 17.3. The van der Waals surface area contributed by atoms with Gasteiger partial charge in [-0.3, -0.25) is 9.89 Å². The minimum absolute atomic E-state index is 0.263. The van der Waals surface area contributed by atoms with Crippen molar-refractivity contribution in [3.63, 3.8) is 0 Å². The Bertz CT molecular complexity index is 665. The lowest BCUT2D eigenvalue weighted by atomic mass is 9.95. The summed E-state index contributed by atoms with van der Waals surface area (Å²) >= 11 is 11.8. The van der Waals surface area contributed by atoms with Crippen LogP contribution in [0.5, 0.6) is 0 Å². The number of likely N-dealkylation sites (tertiary alicyclic amines) is 1. The number of carbonyl (C=O) groups excluding carboxylic acids is 1. The largest absolute Gasteiger partial charge is 0.378 e. The van der Waals surface area contributed by atoms with E-state index in [0.717, 1.165) is 18.7 Å². The summed E-state index contributed by atoms with van der Waals surface area (Å²) in [5.74, 6) is 0.776. The summed E-state index contributed by atoms with van der Waals surface area (Å²) in [5.41, 5.74) is 0.407. The average Bonchev–Trinajstić information content (AvgIpc) is 3.07. The molecular formula is C15H16Cl2N4O2. The van der Waals surface area contributed by atoms with Gasteiger partial charge in [-0.25, -0.2) is 4.98 Å². The maximum atomic E-state index is 12.5. The van der Waals surface area contributed by atoms with Crippen molar-refractivity contribution in [3.05, 3.63) is 46.0 Å². The lowest BCUT2D eigenvalue weighted by Gasteiger charge is -2.32. The average molecular weight is 355 g/mol. The molecule has 0 bridgehead atoms. The van der Waals surface area contributed by atoms with Gasteiger partial charge in [-0.1, -0.05) is 23.2 Å². The zero-order chi connectivity index (χ0) is 16.4. The highest BCUT2D eigenvalue weighted by Gasteiger charge is 2.29. The van der Waals surface area contributed by atoms with E-state index in [0.29, 0.717) is 28.7 Å². The van der Waals surface area contributed by atoms with Crippen LogP contribution in [-0.4, -0.2) is 44.2 Å². The van der Waals surface area contributed by atoms with Crippen LogP contribution >= 0.6 is 23.2 Å². The molecule has 6 nitrogen and oxygen atoms in total. The minimum atomic E-state index is -1.26. The highest BCUT2D eigenvalue weighted by molar-refractivity contribution is 6.34. The standard InChI is InChI=1S/C15H16Cl2N4O2/c16-11-5-10(6-12(17)7-11)13(22)15(23)21-3-1-9(2-4-21)14-18-8-19-20-14/h5-9,13,22H,1-4H2,(H,18,19,20). The maximum Gasteiger partial charge on any atom is 0.256 e. The molecule has 0 radical (unpaired) electrons. The molecule has 1 aliphatic heterocycles. The summed E-state index contributed by atoms with van der Waals surface area (Å²) in [5, 5.41) is 17.8. The summed E-state index contributed by atoms with van der Waals surface area (Å²) < 4.78 is 0. The van der Waals surface area contributed by atoms with Gasteiger partial charge >= 0.3 is 0 Å². The second-order valence-electron chi connectivity index (χ2n) is 5.58. The van der Waals surface area contributed by atoms with Gasteiger partial charge in [0.15, 0.2) is 6.10 Å². The summed E-state index contributed by atoms with van der Waals surface area (Å²) in [6.45, 7) is 1.13. The Morgan fingerprint density at radius 1 is 1.26 bits per heavy atom. The molecule has 2 heterocycles. The zero-order valence-corrected chi connectivity index (χ0v) is 13.8. The van der Waals surface area contributed by atoms with E-state index in [-0.39, 0.29) is 11.8 Å². The van der Waals surface area contributed by atoms with Crippen LogP contribution in [-0.2, 0) is 4.79 Å². The molecule has 1 aromatic heterocycles. The summed E-state index contributed by atoms with van der Waals surface area (Å²) in [4.78, 5) is 18.3. The Balaban J connectivity index is 1.64. The van der Waals surface area contributed by atoms with Gasteiger partial charge in [0.1, 0.15) is 12.2 Å². The summed E-state index contributed by atoms with van der Waals surface area (Å²) in [7, 11) is 0. The molecule has 0 spiro atoms. The predicted octanol–water partition coefficient (Wildman–Crippen LogP) is 2.55. The van der Waals surface area contributed by atoms with Gasteiger partial charge in [0, 0.05) is 29.1 Å². The van der Waals surface area contributed by atoms with E-state index in [1.807, 2.05) is 0 Å². The van der Waals surface area contributed by atoms with Crippen molar-refractivity contribution in [2.75, 3.05) is 13.1 Å². The third kappa shape index (κ3) is 3.65. The lowest BCUT2D eigenvalue weighted by molar-refractivity contribution is -0.141. The number of amides is 1. The van der Waals surface area contributed by atoms with E-state index in [2.05, 4.69) is 15.2 Å². The number of aliphatic hydroxyl groups is 1. The molecule has 8 heteroatoms. The topological polar surface area (TPSA) is 82.1 Å². The third-order valence-electron chi connectivity index (χ3n) is 4.06. The number of nitrogens with one attached hydrogen (secondary N) is 1. The number of piperidine rings is 1. The van der Waals surface area contributed by atoms with Crippen molar-refractivity contribution in [2.24, 2.45) is 0 Å². The number of hydrogen-bond donors (Lipinski definition) is 2. The minimum Gasteiger partial charge on any atom is -0.378 e. The lowest BCUT2D eigenvalue weighted by Crippen LogP contribution is -2.40. The van der Waals surface area contributed by atoms with Crippen LogP contribution in [0.1, 0.15) is 36.3 Å². The van der Waals surface area contributed by atoms with Crippen molar-refractivity contribution in [1.82, 2.24) is 20.1 Å². The molecule has 1 amide bonds. The molecule has 1 aromatic carbocycles. The number of aliphatic hydroxyl groups excluding tert-OH is 1. The van der Waals surface area contributed by atoms with Gasteiger partial charge in [-0.15, -0.1) is 0 Å². The molecule has 2 N–H and O–H groups in total. The number of rotatable bonds is 3. The predicted molar refractivity (Wildman–Crippen MR) is 86.4 cm³/mol. The highest BCUT2D eigenvalue weighted by atomic mass is 35.5. The molecular weight excluding hydrogens is 339 g/mol. The molecule has 122 valence electrons. The first kappa shape index (κ1) is 16.2. The van der Waals surface area contributed by atoms with Gasteiger partial charge in [0.2, 0.25) is 0 Å². The van der Waals surface area contributed by atoms with Gasteiger partial charge < -0.3 is 10.0 Å². The smallest absolute Gasteiger partial charge is 0.256 e. The van der Waals surface area contributed by atoms with Crippen molar-refractivity contribution >= 4 is 29.1 Å². The fourth-order valence-corrected chi connectivity index (χ4v) is 3.38. The molecule has 23 heavy (non-hydrogen) atoms. The number of nitrogens with zero attached hydrogens (tertiary/aromatic N) is 3. The highest BCUT2D eigenvalue weighted by Crippen LogP contribution is 2.28. The molecule has 1 aliphatic rings. The van der Waals surface area contributed by atoms with Crippen LogP contribution in [0.3, 0.4) is 0 Å². The number of halogens is 2. The van der Waals surface area contributed by atoms with Gasteiger partial charge in [0.05, 0.1) is 0 Å². The quantitative estimate of drug-likeness (QED) is 0.887. The molecule has 0 saturated carbocycles. The molecule has 3 rings (SSSR count). The number of aromatic nitrogens is 3. The Labute approximate surface area is 143 Å². The second kappa shape index (κ2) is 6.86. The van der Waals surface area contributed by atoms with E-state index in [9.17, 15) is 9.90 Å². The van der Waals surface area contributed by atoms with Gasteiger partial charge in [-0.05, 0) is 36.6 Å². The molecule has 1 saturated heterocycles. The summed E-state index contributed by atoms with van der Waals surface area (Å²) in [6.07, 6.45) is 1.79. The Hall–Kier alpha value is -1.63. The number of benzene rings is 1. The fourth-order valence-electron chi connectivity index (χ4n) is 2.83.